The fourth-order valence-corrected chi connectivity index (χ4v) is 3.70. The number of amides is 1. The third kappa shape index (κ3) is 2.93. The van der Waals surface area contributed by atoms with Crippen LogP contribution in [0.3, 0.4) is 0 Å². The normalized spacial score (nSPS) is 21.0. The van der Waals surface area contributed by atoms with Gasteiger partial charge in [-0.3, -0.25) is 4.79 Å². The van der Waals surface area contributed by atoms with Crippen LogP contribution in [0.1, 0.15) is 27.9 Å². The number of hydrogen-bond donors (Lipinski definition) is 1. The van der Waals surface area contributed by atoms with Crippen molar-refractivity contribution in [3.63, 3.8) is 0 Å². The maximum absolute atomic E-state index is 12.8. The summed E-state index contributed by atoms with van der Waals surface area (Å²) in [7, 11) is 0. The average Bonchev–Trinajstić information content (AvgIpc) is 3.26. The molecule has 6 nitrogen and oxygen atoms in total. The highest BCUT2D eigenvalue weighted by atomic mass is 16.5. The van der Waals surface area contributed by atoms with Crippen molar-refractivity contribution in [2.75, 3.05) is 19.7 Å². The zero-order valence-corrected chi connectivity index (χ0v) is 14.2. The second-order valence-corrected chi connectivity index (χ2v) is 6.62. The lowest BCUT2D eigenvalue weighted by molar-refractivity contribution is -0.139. The summed E-state index contributed by atoms with van der Waals surface area (Å²) in [5.41, 5.74) is 2.54. The van der Waals surface area contributed by atoms with E-state index < -0.39 is 18.2 Å². The van der Waals surface area contributed by atoms with Gasteiger partial charge < -0.3 is 19.5 Å². The van der Waals surface area contributed by atoms with Gasteiger partial charge in [-0.25, -0.2) is 4.79 Å². The molecule has 0 saturated carbocycles. The van der Waals surface area contributed by atoms with Gasteiger partial charge in [-0.2, -0.15) is 0 Å². The highest BCUT2D eigenvalue weighted by Gasteiger charge is 2.46. The first kappa shape index (κ1) is 16.6. The summed E-state index contributed by atoms with van der Waals surface area (Å²) in [6.07, 6.45) is 0.787. The Morgan fingerprint density at radius 1 is 1.15 bits per heavy atom. The van der Waals surface area contributed by atoms with Crippen LogP contribution < -0.4 is 4.74 Å². The zero-order chi connectivity index (χ0) is 18.1. The number of carboxylic acid groups (broad SMARTS) is 1. The van der Waals surface area contributed by atoms with Crippen molar-refractivity contribution in [2.24, 2.45) is 0 Å². The smallest absolute Gasteiger partial charge is 0.341 e. The average molecular weight is 353 g/mol. The van der Waals surface area contributed by atoms with Gasteiger partial charge >= 0.3 is 5.97 Å². The van der Waals surface area contributed by atoms with Gasteiger partial charge in [-0.05, 0) is 41.8 Å². The first-order valence-electron chi connectivity index (χ1n) is 8.54. The number of aliphatic carboxylic acids is 1. The predicted octanol–water partition coefficient (Wildman–Crippen LogP) is 2.42. The molecule has 26 heavy (non-hydrogen) atoms. The summed E-state index contributed by atoms with van der Waals surface area (Å²) in [5.74, 6) is -0.668. The summed E-state index contributed by atoms with van der Waals surface area (Å²) in [6.45, 7) is 1.37. The lowest BCUT2D eigenvalue weighted by Crippen LogP contribution is -2.34. The number of carboxylic acids is 1. The van der Waals surface area contributed by atoms with Crippen LogP contribution in [0, 0.1) is 0 Å². The molecule has 1 amide bonds. The topological polar surface area (TPSA) is 76.1 Å². The van der Waals surface area contributed by atoms with E-state index in [1.165, 1.54) is 11.1 Å². The van der Waals surface area contributed by atoms with Crippen molar-refractivity contribution < 1.29 is 24.2 Å². The Labute approximate surface area is 151 Å². The van der Waals surface area contributed by atoms with Crippen LogP contribution in [0.5, 0.6) is 5.75 Å². The van der Waals surface area contributed by atoms with Crippen molar-refractivity contribution in [1.29, 1.82) is 0 Å². The summed E-state index contributed by atoms with van der Waals surface area (Å²) in [4.78, 5) is 25.2. The van der Waals surface area contributed by atoms with Gasteiger partial charge in [0.2, 0.25) is 0 Å². The van der Waals surface area contributed by atoms with E-state index in [1.807, 2.05) is 17.0 Å². The van der Waals surface area contributed by atoms with Crippen LogP contribution in [-0.2, 0) is 21.7 Å². The van der Waals surface area contributed by atoms with E-state index >= 15 is 0 Å². The molecule has 1 N–H and O–H groups in total. The SMILES string of the molecule is O=C(O)COc1ccc(C(=O)N2CCC3(C2)OCc2ccccc23)cc1. The van der Waals surface area contributed by atoms with Crippen molar-refractivity contribution >= 4 is 11.9 Å². The Morgan fingerprint density at radius 3 is 2.69 bits per heavy atom. The molecule has 1 unspecified atom stereocenters. The Hall–Kier alpha value is -2.86. The minimum atomic E-state index is -1.04. The number of fused-ring (bicyclic) bond motifs is 2. The van der Waals surface area contributed by atoms with Gasteiger partial charge in [0.15, 0.2) is 6.61 Å². The molecule has 1 atom stereocenters. The zero-order valence-electron chi connectivity index (χ0n) is 14.2. The molecule has 2 aliphatic heterocycles. The number of benzene rings is 2. The maximum atomic E-state index is 12.8. The van der Waals surface area contributed by atoms with Crippen LogP contribution in [-0.4, -0.2) is 41.6 Å². The van der Waals surface area contributed by atoms with E-state index in [-0.39, 0.29) is 5.91 Å². The van der Waals surface area contributed by atoms with E-state index in [1.54, 1.807) is 24.3 Å². The first-order valence-corrected chi connectivity index (χ1v) is 8.54. The summed E-state index contributed by atoms with van der Waals surface area (Å²) >= 11 is 0. The van der Waals surface area contributed by atoms with Gasteiger partial charge in [0.1, 0.15) is 11.4 Å². The van der Waals surface area contributed by atoms with E-state index in [9.17, 15) is 9.59 Å². The van der Waals surface area contributed by atoms with Gasteiger partial charge in [-0.1, -0.05) is 24.3 Å². The Kier molecular flexibility index (Phi) is 4.12. The molecule has 6 heteroatoms. The number of rotatable bonds is 4. The lowest BCUT2D eigenvalue weighted by atomic mass is 9.92. The third-order valence-electron chi connectivity index (χ3n) is 4.99. The minimum Gasteiger partial charge on any atom is -0.482 e. The molecular formula is C20H19NO5. The molecule has 0 aromatic heterocycles. The van der Waals surface area contributed by atoms with Crippen LogP contribution in [0.2, 0.25) is 0 Å². The molecule has 1 fully saturated rings. The molecule has 0 aliphatic carbocycles. The lowest BCUT2D eigenvalue weighted by Gasteiger charge is -2.24. The summed E-state index contributed by atoms with van der Waals surface area (Å²) in [5, 5.41) is 8.63. The Balaban J connectivity index is 1.46. The summed E-state index contributed by atoms with van der Waals surface area (Å²) < 4.78 is 11.2. The second-order valence-electron chi connectivity index (χ2n) is 6.62. The van der Waals surface area contributed by atoms with Crippen molar-refractivity contribution in [3.05, 3.63) is 65.2 Å². The van der Waals surface area contributed by atoms with Gasteiger partial charge in [0.05, 0.1) is 13.2 Å². The molecule has 2 heterocycles. The molecule has 2 aromatic carbocycles. The molecule has 2 aromatic rings. The largest absolute Gasteiger partial charge is 0.482 e. The molecule has 1 spiro atoms. The standard InChI is InChI=1S/C20H19NO5/c22-18(23)12-25-16-7-5-14(6-8-16)19(24)21-10-9-20(13-21)17-4-2-1-3-15(17)11-26-20/h1-8H,9-13H2,(H,22,23). The quantitative estimate of drug-likeness (QED) is 0.914. The van der Waals surface area contributed by atoms with E-state index in [2.05, 4.69) is 12.1 Å². The van der Waals surface area contributed by atoms with Crippen molar-refractivity contribution in [1.82, 2.24) is 4.90 Å². The number of carbonyl (C=O) groups is 2. The highest BCUT2D eigenvalue weighted by molar-refractivity contribution is 5.94. The molecule has 4 rings (SSSR count). The van der Waals surface area contributed by atoms with E-state index in [4.69, 9.17) is 14.6 Å². The van der Waals surface area contributed by atoms with E-state index in [0.29, 0.717) is 31.0 Å². The number of ether oxygens (including phenoxy) is 2. The van der Waals surface area contributed by atoms with Crippen LogP contribution in [0.25, 0.3) is 0 Å². The molecule has 134 valence electrons. The fourth-order valence-electron chi connectivity index (χ4n) is 3.70. The molecule has 0 bridgehead atoms. The third-order valence-corrected chi connectivity index (χ3v) is 4.99. The Morgan fingerprint density at radius 2 is 1.92 bits per heavy atom. The number of hydrogen-bond acceptors (Lipinski definition) is 4. The monoisotopic (exact) mass is 353 g/mol. The summed E-state index contributed by atoms with van der Waals surface area (Å²) in [6, 6.07) is 14.7. The number of carbonyl (C=O) groups excluding carboxylic acids is 1. The maximum Gasteiger partial charge on any atom is 0.341 e. The van der Waals surface area contributed by atoms with Crippen LogP contribution >= 0.6 is 0 Å². The highest BCUT2D eigenvalue weighted by Crippen LogP contribution is 2.43. The van der Waals surface area contributed by atoms with Crippen LogP contribution in [0.15, 0.2) is 48.5 Å². The number of likely N-dealkylation sites (tertiary alicyclic amines) is 1. The molecule has 2 aliphatic rings. The van der Waals surface area contributed by atoms with Gasteiger partial charge in [-0.15, -0.1) is 0 Å². The second kappa shape index (κ2) is 6.46. The predicted molar refractivity (Wildman–Crippen MR) is 93.0 cm³/mol. The van der Waals surface area contributed by atoms with Crippen LogP contribution in [0.4, 0.5) is 0 Å². The van der Waals surface area contributed by atoms with E-state index in [0.717, 1.165) is 6.42 Å². The first-order chi connectivity index (χ1) is 12.6. The molecule has 1 saturated heterocycles. The molecule has 0 radical (unpaired) electrons. The van der Waals surface area contributed by atoms with Gasteiger partial charge in [0.25, 0.3) is 5.91 Å². The minimum absolute atomic E-state index is 0.0559. The van der Waals surface area contributed by atoms with Crippen molar-refractivity contribution in [3.8, 4) is 5.75 Å². The fraction of sp³-hybridized carbons (Fsp3) is 0.300. The Bertz CT molecular complexity index is 848. The van der Waals surface area contributed by atoms with Gasteiger partial charge in [0, 0.05) is 12.1 Å². The number of nitrogens with zero attached hydrogens (tertiary/aromatic N) is 1. The van der Waals surface area contributed by atoms with Crippen molar-refractivity contribution in [2.45, 2.75) is 18.6 Å². The molecular weight excluding hydrogens is 334 g/mol.